The van der Waals surface area contributed by atoms with E-state index in [1.54, 1.807) is 12.1 Å². The van der Waals surface area contributed by atoms with Gasteiger partial charge in [0.2, 0.25) is 5.91 Å². The first-order valence-corrected chi connectivity index (χ1v) is 11.3. The van der Waals surface area contributed by atoms with E-state index in [0.29, 0.717) is 17.4 Å². The van der Waals surface area contributed by atoms with Crippen LogP contribution in [0.2, 0.25) is 0 Å². The Labute approximate surface area is 185 Å². The van der Waals surface area contributed by atoms with Gasteiger partial charge in [0.25, 0.3) is 5.91 Å². The fourth-order valence-electron chi connectivity index (χ4n) is 3.60. The molecule has 162 valence electrons. The van der Waals surface area contributed by atoms with E-state index in [0.717, 1.165) is 42.9 Å². The Morgan fingerprint density at radius 3 is 2.55 bits per heavy atom. The number of hydrogen-bond donors (Lipinski definition) is 2. The maximum absolute atomic E-state index is 12.4. The summed E-state index contributed by atoms with van der Waals surface area (Å²) in [5.74, 6) is 0.806. The van der Waals surface area contributed by atoms with Crippen molar-refractivity contribution in [3.05, 3.63) is 58.9 Å². The van der Waals surface area contributed by atoms with Crippen LogP contribution in [0, 0.1) is 13.8 Å². The summed E-state index contributed by atoms with van der Waals surface area (Å²) in [6, 6.07) is 11.7. The number of amides is 2. The predicted octanol–water partition coefficient (Wildman–Crippen LogP) is 3.85. The summed E-state index contributed by atoms with van der Waals surface area (Å²) in [5, 5.41) is 8.48. The zero-order valence-corrected chi connectivity index (χ0v) is 18.5. The normalized spacial score (nSPS) is 15.0. The van der Waals surface area contributed by atoms with Crippen molar-refractivity contribution in [3.8, 4) is 11.3 Å². The van der Waals surface area contributed by atoms with Crippen molar-refractivity contribution in [1.82, 2.24) is 15.2 Å². The van der Waals surface area contributed by atoms with Crippen molar-refractivity contribution in [2.24, 2.45) is 0 Å². The highest BCUT2D eigenvalue weighted by Gasteiger charge is 2.23. The molecular weight excluding hydrogens is 412 g/mol. The van der Waals surface area contributed by atoms with Gasteiger partial charge in [0.05, 0.1) is 12.2 Å². The second kappa shape index (κ2) is 9.45. The number of aryl methyl sites for hydroxylation is 2. The molecule has 1 fully saturated rings. The Balaban J connectivity index is 1.22. The SMILES string of the molecule is Cc1ccc(-c2csc(NC(=O)CN3CCC(NC(=O)c4ccc(C)o4)CC3)n2)cc1. The molecule has 1 aromatic carbocycles. The first-order chi connectivity index (χ1) is 15.0. The number of piperidine rings is 1. The van der Waals surface area contributed by atoms with E-state index in [4.69, 9.17) is 4.42 Å². The summed E-state index contributed by atoms with van der Waals surface area (Å²) < 4.78 is 5.37. The minimum atomic E-state index is -0.183. The molecule has 0 radical (unpaired) electrons. The fraction of sp³-hybridized carbons (Fsp3) is 0.348. The molecule has 3 heterocycles. The van der Waals surface area contributed by atoms with Gasteiger partial charge in [0.15, 0.2) is 10.9 Å². The second-order valence-electron chi connectivity index (χ2n) is 7.89. The van der Waals surface area contributed by atoms with Crippen LogP contribution in [-0.2, 0) is 4.79 Å². The van der Waals surface area contributed by atoms with Gasteiger partial charge in [-0.2, -0.15) is 0 Å². The summed E-state index contributed by atoms with van der Waals surface area (Å²) in [6.45, 7) is 5.68. The molecule has 1 aliphatic heterocycles. The molecule has 2 N–H and O–H groups in total. The number of carbonyl (C=O) groups is 2. The van der Waals surface area contributed by atoms with E-state index in [2.05, 4.69) is 32.7 Å². The number of nitrogens with zero attached hydrogens (tertiary/aromatic N) is 2. The van der Waals surface area contributed by atoms with Gasteiger partial charge in [-0.05, 0) is 38.8 Å². The molecule has 0 unspecified atom stereocenters. The van der Waals surface area contributed by atoms with Crippen molar-refractivity contribution in [2.75, 3.05) is 25.0 Å². The molecule has 31 heavy (non-hydrogen) atoms. The zero-order chi connectivity index (χ0) is 21.8. The van der Waals surface area contributed by atoms with Crippen LogP contribution in [0.4, 0.5) is 5.13 Å². The summed E-state index contributed by atoms with van der Waals surface area (Å²) >= 11 is 1.43. The number of carbonyl (C=O) groups excluding carboxylic acids is 2. The minimum absolute atomic E-state index is 0.0710. The lowest BCUT2D eigenvalue weighted by Gasteiger charge is -2.31. The number of nitrogens with one attached hydrogen (secondary N) is 2. The van der Waals surface area contributed by atoms with E-state index < -0.39 is 0 Å². The fourth-order valence-corrected chi connectivity index (χ4v) is 4.33. The van der Waals surface area contributed by atoms with Crippen LogP contribution in [0.5, 0.6) is 0 Å². The molecule has 1 aliphatic rings. The van der Waals surface area contributed by atoms with Gasteiger partial charge in [-0.1, -0.05) is 29.8 Å². The van der Waals surface area contributed by atoms with Crippen molar-refractivity contribution in [3.63, 3.8) is 0 Å². The molecule has 2 amide bonds. The minimum Gasteiger partial charge on any atom is -0.456 e. The molecule has 4 rings (SSSR count). The van der Waals surface area contributed by atoms with Crippen molar-refractivity contribution >= 4 is 28.3 Å². The van der Waals surface area contributed by atoms with Gasteiger partial charge in [0.1, 0.15) is 5.76 Å². The quantitative estimate of drug-likeness (QED) is 0.610. The Hall–Kier alpha value is -2.97. The van der Waals surface area contributed by atoms with E-state index in [1.807, 2.05) is 31.4 Å². The molecule has 3 aromatic rings. The van der Waals surface area contributed by atoms with E-state index in [-0.39, 0.29) is 17.9 Å². The number of furan rings is 1. The lowest BCUT2D eigenvalue weighted by atomic mass is 10.0. The monoisotopic (exact) mass is 438 g/mol. The summed E-state index contributed by atoms with van der Waals surface area (Å²) in [5.41, 5.74) is 3.10. The highest BCUT2D eigenvalue weighted by molar-refractivity contribution is 7.14. The van der Waals surface area contributed by atoms with Crippen molar-refractivity contribution < 1.29 is 14.0 Å². The molecule has 0 saturated carbocycles. The third-order valence-electron chi connectivity index (χ3n) is 5.35. The number of likely N-dealkylation sites (tertiary alicyclic amines) is 1. The average molecular weight is 439 g/mol. The Morgan fingerprint density at radius 1 is 1.13 bits per heavy atom. The standard InChI is InChI=1S/C23H26N4O3S/c1-15-3-6-17(7-4-15)19-14-31-23(25-19)26-21(28)13-27-11-9-18(10-12-27)24-22(29)20-8-5-16(2)30-20/h3-8,14,18H,9-13H2,1-2H3,(H,24,29)(H,25,26,28). The molecule has 1 saturated heterocycles. The van der Waals surface area contributed by atoms with Crippen LogP contribution in [0.3, 0.4) is 0 Å². The molecule has 0 spiro atoms. The number of thiazole rings is 1. The van der Waals surface area contributed by atoms with Crippen molar-refractivity contribution in [2.45, 2.75) is 32.7 Å². The first kappa shape index (κ1) is 21.3. The number of anilines is 1. The Morgan fingerprint density at radius 2 is 1.87 bits per heavy atom. The van der Waals surface area contributed by atoms with Gasteiger partial charge < -0.3 is 15.1 Å². The average Bonchev–Trinajstić information content (AvgIpc) is 3.39. The zero-order valence-electron chi connectivity index (χ0n) is 17.7. The van der Waals surface area contributed by atoms with Gasteiger partial charge in [-0.3, -0.25) is 14.5 Å². The first-order valence-electron chi connectivity index (χ1n) is 10.4. The molecule has 8 heteroatoms. The van der Waals surface area contributed by atoms with Crippen LogP contribution in [-0.4, -0.2) is 47.4 Å². The summed E-state index contributed by atoms with van der Waals surface area (Å²) in [7, 11) is 0. The lowest BCUT2D eigenvalue weighted by Crippen LogP contribution is -2.46. The smallest absolute Gasteiger partial charge is 0.287 e. The third-order valence-corrected chi connectivity index (χ3v) is 6.11. The van der Waals surface area contributed by atoms with E-state index in [1.165, 1.54) is 16.9 Å². The predicted molar refractivity (Wildman–Crippen MR) is 121 cm³/mol. The third kappa shape index (κ3) is 5.59. The maximum Gasteiger partial charge on any atom is 0.287 e. The number of rotatable bonds is 6. The van der Waals surface area contributed by atoms with E-state index >= 15 is 0 Å². The number of aromatic nitrogens is 1. The van der Waals surface area contributed by atoms with Gasteiger partial charge in [0, 0.05) is 30.1 Å². The Bertz CT molecular complexity index is 1050. The number of benzene rings is 1. The summed E-state index contributed by atoms with van der Waals surface area (Å²) in [6.07, 6.45) is 1.60. The van der Waals surface area contributed by atoms with Crippen LogP contribution in [0.1, 0.15) is 34.7 Å². The van der Waals surface area contributed by atoms with Crippen LogP contribution < -0.4 is 10.6 Å². The van der Waals surface area contributed by atoms with Gasteiger partial charge in [-0.15, -0.1) is 11.3 Å². The van der Waals surface area contributed by atoms with Crippen LogP contribution >= 0.6 is 11.3 Å². The molecule has 7 nitrogen and oxygen atoms in total. The Kier molecular flexibility index (Phi) is 6.48. The number of hydrogen-bond acceptors (Lipinski definition) is 6. The van der Waals surface area contributed by atoms with Crippen molar-refractivity contribution in [1.29, 1.82) is 0 Å². The van der Waals surface area contributed by atoms with E-state index in [9.17, 15) is 9.59 Å². The lowest BCUT2D eigenvalue weighted by molar-refractivity contribution is -0.117. The van der Waals surface area contributed by atoms with Crippen LogP contribution in [0.25, 0.3) is 11.3 Å². The molecular formula is C23H26N4O3S. The van der Waals surface area contributed by atoms with Gasteiger partial charge >= 0.3 is 0 Å². The summed E-state index contributed by atoms with van der Waals surface area (Å²) in [4.78, 5) is 31.3. The highest BCUT2D eigenvalue weighted by Crippen LogP contribution is 2.25. The second-order valence-corrected chi connectivity index (χ2v) is 8.74. The molecule has 0 aliphatic carbocycles. The van der Waals surface area contributed by atoms with Gasteiger partial charge in [-0.25, -0.2) is 4.98 Å². The molecule has 0 atom stereocenters. The van der Waals surface area contributed by atoms with Crippen LogP contribution in [0.15, 0.2) is 46.2 Å². The topological polar surface area (TPSA) is 87.5 Å². The largest absolute Gasteiger partial charge is 0.456 e. The molecule has 2 aromatic heterocycles. The highest BCUT2D eigenvalue weighted by atomic mass is 32.1. The maximum atomic E-state index is 12.4. The molecule has 0 bridgehead atoms.